The van der Waals surface area contributed by atoms with Crippen LogP contribution < -0.4 is 5.73 Å². The predicted molar refractivity (Wildman–Crippen MR) is 64.8 cm³/mol. The Balaban J connectivity index is -0.000000218. The minimum Gasteiger partial charge on any atom is -0.326 e. The van der Waals surface area contributed by atoms with E-state index in [1.807, 2.05) is 34.6 Å². The Hall–Kier alpha value is -0.820. The standard InChI is InChI=1S/C8H13N.2C2H6/c1-4-7(3)8(5-2)6-9;2*1-2/h4-5H,1-2,6,9H2,3H3;2*1-2H3/b8-7+;;. The molecule has 0 spiro atoms. The zero-order chi connectivity index (χ0) is 11.3. The van der Waals surface area contributed by atoms with Crippen LogP contribution in [0.5, 0.6) is 0 Å². The molecule has 0 bridgehead atoms. The quantitative estimate of drug-likeness (QED) is 0.664. The molecule has 0 amide bonds. The van der Waals surface area contributed by atoms with Crippen molar-refractivity contribution in [1.29, 1.82) is 0 Å². The first-order valence-electron chi connectivity index (χ1n) is 4.91. The Bertz CT molecular complexity index is 143. The van der Waals surface area contributed by atoms with Gasteiger partial charge < -0.3 is 5.73 Å². The highest BCUT2D eigenvalue weighted by Crippen LogP contribution is 2.02. The Labute approximate surface area is 84.0 Å². The van der Waals surface area contributed by atoms with E-state index in [0.717, 1.165) is 11.1 Å². The van der Waals surface area contributed by atoms with Gasteiger partial charge in [0.2, 0.25) is 0 Å². The second-order valence-electron chi connectivity index (χ2n) is 1.82. The van der Waals surface area contributed by atoms with Crippen molar-refractivity contribution < 1.29 is 0 Å². The molecule has 0 aromatic rings. The summed E-state index contributed by atoms with van der Waals surface area (Å²) in [7, 11) is 0. The molecule has 0 rings (SSSR count). The highest BCUT2D eigenvalue weighted by atomic mass is 14.5. The summed E-state index contributed by atoms with van der Waals surface area (Å²) in [5.41, 5.74) is 7.55. The third-order valence-corrected chi connectivity index (χ3v) is 1.28. The van der Waals surface area contributed by atoms with Crippen molar-refractivity contribution in [2.75, 3.05) is 6.54 Å². The van der Waals surface area contributed by atoms with Gasteiger partial charge in [-0.1, -0.05) is 53.0 Å². The van der Waals surface area contributed by atoms with E-state index in [1.165, 1.54) is 0 Å². The minimum atomic E-state index is 0.543. The zero-order valence-electron chi connectivity index (χ0n) is 9.85. The molecule has 78 valence electrons. The van der Waals surface area contributed by atoms with Crippen LogP contribution in [0.3, 0.4) is 0 Å². The van der Waals surface area contributed by atoms with Crippen molar-refractivity contribution in [3.63, 3.8) is 0 Å². The monoisotopic (exact) mass is 183 g/mol. The third kappa shape index (κ3) is 11.2. The Kier molecular flexibility index (Phi) is 24.1. The van der Waals surface area contributed by atoms with E-state index >= 15 is 0 Å². The summed E-state index contributed by atoms with van der Waals surface area (Å²) in [5, 5.41) is 0. The fourth-order valence-electron chi connectivity index (χ4n) is 0.536. The normalized spacial score (nSPS) is 9.38. The Morgan fingerprint density at radius 2 is 1.46 bits per heavy atom. The first kappa shape index (κ1) is 18.1. The minimum absolute atomic E-state index is 0.543. The molecule has 0 aromatic carbocycles. The molecule has 0 unspecified atom stereocenters. The van der Waals surface area contributed by atoms with Crippen molar-refractivity contribution in [1.82, 2.24) is 0 Å². The summed E-state index contributed by atoms with van der Waals surface area (Å²) < 4.78 is 0. The molecule has 0 atom stereocenters. The van der Waals surface area contributed by atoms with Crippen molar-refractivity contribution in [2.24, 2.45) is 5.73 Å². The summed E-state index contributed by atoms with van der Waals surface area (Å²) >= 11 is 0. The largest absolute Gasteiger partial charge is 0.326 e. The number of rotatable bonds is 3. The van der Waals surface area contributed by atoms with E-state index in [2.05, 4.69) is 13.2 Å². The zero-order valence-corrected chi connectivity index (χ0v) is 9.85. The van der Waals surface area contributed by atoms with Gasteiger partial charge in [0.25, 0.3) is 0 Å². The van der Waals surface area contributed by atoms with Crippen LogP contribution in [-0.4, -0.2) is 6.54 Å². The number of nitrogens with two attached hydrogens (primary N) is 1. The van der Waals surface area contributed by atoms with Crippen LogP contribution in [0, 0.1) is 0 Å². The van der Waals surface area contributed by atoms with Crippen LogP contribution in [0.15, 0.2) is 36.5 Å². The molecule has 2 N–H and O–H groups in total. The van der Waals surface area contributed by atoms with Gasteiger partial charge in [0.15, 0.2) is 0 Å². The van der Waals surface area contributed by atoms with Gasteiger partial charge in [-0.15, -0.1) is 0 Å². The van der Waals surface area contributed by atoms with E-state index < -0.39 is 0 Å². The molecule has 0 saturated carbocycles. The van der Waals surface area contributed by atoms with Crippen LogP contribution in [-0.2, 0) is 0 Å². The maximum Gasteiger partial charge on any atom is 0.0180 e. The molecule has 0 radical (unpaired) electrons. The van der Waals surface area contributed by atoms with Gasteiger partial charge in [-0.2, -0.15) is 0 Å². The average molecular weight is 183 g/mol. The Morgan fingerprint density at radius 3 is 1.54 bits per heavy atom. The molecule has 0 aromatic heterocycles. The van der Waals surface area contributed by atoms with Crippen LogP contribution in [0.1, 0.15) is 34.6 Å². The van der Waals surface area contributed by atoms with E-state index in [-0.39, 0.29) is 0 Å². The lowest BCUT2D eigenvalue weighted by molar-refractivity contribution is 1.16. The first-order chi connectivity index (χ1) is 6.26. The molecule has 13 heavy (non-hydrogen) atoms. The van der Waals surface area contributed by atoms with E-state index in [1.54, 1.807) is 12.2 Å². The van der Waals surface area contributed by atoms with Gasteiger partial charge >= 0.3 is 0 Å². The van der Waals surface area contributed by atoms with E-state index in [4.69, 9.17) is 5.73 Å². The van der Waals surface area contributed by atoms with Gasteiger partial charge in [-0.25, -0.2) is 0 Å². The van der Waals surface area contributed by atoms with Gasteiger partial charge in [0, 0.05) is 6.54 Å². The highest BCUT2D eigenvalue weighted by molar-refractivity contribution is 5.30. The smallest absolute Gasteiger partial charge is 0.0180 e. The maximum atomic E-state index is 5.38. The fourth-order valence-corrected chi connectivity index (χ4v) is 0.536. The van der Waals surface area contributed by atoms with Crippen LogP contribution in [0.25, 0.3) is 0 Å². The summed E-state index contributed by atoms with van der Waals surface area (Å²) in [4.78, 5) is 0. The maximum absolute atomic E-state index is 5.38. The Morgan fingerprint density at radius 1 is 1.08 bits per heavy atom. The lowest BCUT2D eigenvalue weighted by Crippen LogP contribution is -2.01. The molecular formula is C12H25N. The molecule has 0 aliphatic heterocycles. The molecule has 0 fully saturated rings. The number of hydrogen-bond acceptors (Lipinski definition) is 1. The summed E-state index contributed by atoms with van der Waals surface area (Å²) in [5.74, 6) is 0. The number of hydrogen-bond donors (Lipinski definition) is 1. The molecule has 0 aliphatic rings. The second-order valence-corrected chi connectivity index (χ2v) is 1.82. The first-order valence-corrected chi connectivity index (χ1v) is 4.91. The molecule has 0 aliphatic carbocycles. The molecule has 0 saturated heterocycles. The van der Waals surface area contributed by atoms with Crippen LogP contribution in [0.4, 0.5) is 0 Å². The lowest BCUT2D eigenvalue weighted by Gasteiger charge is -1.98. The molecule has 1 nitrogen and oxygen atoms in total. The SMILES string of the molecule is C=C/C(C)=C(\C=C)CN.CC.CC. The molecule has 0 heterocycles. The van der Waals surface area contributed by atoms with Crippen molar-refractivity contribution >= 4 is 0 Å². The molecular weight excluding hydrogens is 158 g/mol. The third-order valence-electron chi connectivity index (χ3n) is 1.28. The number of allylic oxidation sites excluding steroid dienone is 2. The summed E-state index contributed by atoms with van der Waals surface area (Å²) in [6.45, 7) is 17.7. The lowest BCUT2D eigenvalue weighted by atomic mass is 10.1. The van der Waals surface area contributed by atoms with Crippen LogP contribution >= 0.6 is 0 Å². The summed E-state index contributed by atoms with van der Waals surface area (Å²) in [6.07, 6.45) is 3.54. The van der Waals surface area contributed by atoms with E-state index in [0.29, 0.717) is 6.54 Å². The topological polar surface area (TPSA) is 26.0 Å². The predicted octanol–water partition coefficient (Wildman–Crippen LogP) is 3.69. The molecule has 1 heteroatoms. The van der Waals surface area contributed by atoms with Crippen molar-refractivity contribution in [3.8, 4) is 0 Å². The van der Waals surface area contributed by atoms with Crippen LogP contribution in [0.2, 0.25) is 0 Å². The van der Waals surface area contributed by atoms with Crippen molar-refractivity contribution in [3.05, 3.63) is 36.5 Å². The average Bonchev–Trinajstić information content (AvgIpc) is 2.25. The fraction of sp³-hybridized carbons (Fsp3) is 0.500. The van der Waals surface area contributed by atoms with Gasteiger partial charge in [-0.05, 0) is 18.1 Å². The highest BCUT2D eigenvalue weighted by Gasteiger charge is 1.88. The van der Waals surface area contributed by atoms with Gasteiger partial charge in [0.05, 0.1) is 0 Å². The summed E-state index contributed by atoms with van der Waals surface area (Å²) in [6, 6.07) is 0. The van der Waals surface area contributed by atoms with Gasteiger partial charge in [0.1, 0.15) is 0 Å². The van der Waals surface area contributed by atoms with Gasteiger partial charge in [-0.3, -0.25) is 0 Å². The second kappa shape index (κ2) is 17.3. The van der Waals surface area contributed by atoms with Crippen molar-refractivity contribution in [2.45, 2.75) is 34.6 Å². The van der Waals surface area contributed by atoms with E-state index in [9.17, 15) is 0 Å².